The van der Waals surface area contributed by atoms with Gasteiger partial charge in [0.1, 0.15) is 0 Å². The summed E-state index contributed by atoms with van der Waals surface area (Å²) in [6.07, 6.45) is 0.789. The SMILES string of the molecule is Cc1ccc(C(=O)NC(C)CC(C)Cl)s1. The molecule has 0 aliphatic rings. The van der Waals surface area contributed by atoms with E-state index >= 15 is 0 Å². The van der Waals surface area contributed by atoms with E-state index in [-0.39, 0.29) is 17.3 Å². The highest BCUT2D eigenvalue weighted by molar-refractivity contribution is 7.13. The molecule has 2 unspecified atom stereocenters. The van der Waals surface area contributed by atoms with Crippen molar-refractivity contribution in [2.45, 2.75) is 38.6 Å². The van der Waals surface area contributed by atoms with Crippen LogP contribution in [0.15, 0.2) is 12.1 Å². The maximum Gasteiger partial charge on any atom is 0.261 e. The van der Waals surface area contributed by atoms with Crippen molar-refractivity contribution in [1.29, 1.82) is 0 Å². The first-order chi connectivity index (χ1) is 6.99. The van der Waals surface area contributed by atoms with E-state index in [4.69, 9.17) is 11.6 Å². The van der Waals surface area contributed by atoms with Crippen molar-refractivity contribution in [3.8, 4) is 0 Å². The van der Waals surface area contributed by atoms with Gasteiger partial charge in [-0.25, -0.2) is 0 Å². The maximum atomic E-state index is 11.7. The van der Waals surface area contributed by atoms with E-state index in [0.29, 0.717) is 0 Å². The van der Waals surface area contributed by atoms with Gasteiger partial charge >= 0.3 is 0 Å². The predicted molar refractivity (Wildman–Crippen MR) is 65.9 cm³/mol. The zero-order chi connectivity index (χ0) is 11.4. The van der Waals surface area contributed by atoms with E-state index < -0.39 is 0 Å². The molecule has 0 aromatic carbocycles. The molecule has 0 radical (unpaired) electrons. The fourth-order valence-electron chi connectivity index (χ4n) is 1.40. The molecule has 1 heterocycles. The molecule has 1 amide bonds. The van der Waals surface area contributed by atoms with Gasteiger partial charge < -0.3 is 5.32 Å². The van der Waals surface area contributed by atoms with E-state index in [1.54, 1.807) is 0 Å². The third kappa shape index (κ3) is 4.22. The summed E-state index contributed by atoms with van der Waals surface area (Å²) in [5.74, 6) is -0.00193. The minimum absolute atomic E-state index is 0.00193. The predicted octanol–water partition coefficient (Wildman–Crippen LogP) is 3.19. The lowest BCUT2D eigenvalue weighted by Crippen LogP contribution is -2.33. The quantitative estimate of drug-likeness (QED) is 0.811. The number of aryl methyl sites for hydroxylation is 1. The molecule has 1 aromatic heterocycles. The molecule has 0 aliphatic carbocycles. The molecule has 0 fully saturated rings. The smallest absolute Gasteiger partial charge is 0.261 e. The highest BCUT2D eigenvalue weighted by atomic mass is 35.5. The zero-order valence-electron chi connectivity index (χ0n) is 9.21. The number of nitrogens with one attached hydrogen (secondary N) is 1. The fraction of sp³-hybridized carbons (Fsp3) is 0.545. The Bertz CT molecular complexity index is 335. The van der Waals surface area contributed by atoms with Gasteiger partial charge in [0.15, 0.2) is 0 Å². The molecule has 15 heavy (non-hydrogen) atoms. The molecule has 2 atom stereocenters. The lowest BCUT2D eigenvalue weighted by atomic mass is 10.2. The van der Waals surface area contributed by atoms with E-state index in [1.807, 2.05) is 32.9 Å². The number of rotatable bonds is 4. The Morgan fingerprint density at radius 3 is 2.67 bits per heavy atom. The van der Waals surface area contributed by atoms with E-state index in [1.165, 1.54) is 11.3 Å². The summed E-state index contributed by atoms with van der Waals surface area (Å²) >= 11 is 7.37. The Kier molecular flexibility index (Phi) is 4.61. The van der Waals surface area contributed by atoms with Crippen molar-refractivity contribution in [2.75, 3.05) is 0 Å². The van der Waals surface area contributed by atoms with Crippen molar-refractivity contribution < 1.29 is 4.79 Å². The van der Waals surface area contributed by atoms with Gasteiger partial charge in [-0.2, -0.15) is 0 Å². The lowest BCUT2D eigenvalue weighted by molar-refractivity contribution is 0.0942. The Morgan fingerprint density at radius 2 is 2.20 bits per heavy atom. The van der Waals surface area contributed by atoms with Crippen molar-refractivity contribution in [2.24, 2.45) is 0 Å². The fourth-order valence-corrected chi connectivity index (χ4v) is 2.44. The second-order valence-electron chi connectivity index (χ2n) is 3.80. The normalized spacial score (nSPS) is 14.7. The summed E-state index contributed by atoms with van der Waals surface area (Å²) < 4.78 is 0. The van der Waals surface area contributed by atoms with E-state index in [2.05, 4.69) is 5.32 Å². The van der Waals surface area contributed by atoms with Crippen molar-refractivity contribution >= 4 is 28.8 Å². The topological polar surface area (TPSA) is 29.1 Å². The van der Waals surface area contributed by atoms with Crippen LogP contribution >= 0.6 is 22.9 Å². The molecule has 2 nitrogen and oxygen atoms in total. The van der Waals surface area contributed by atoms with Gasteiger partial charge in [0, 0.05) is 16.3 Å². The molecule has 0 spiro atoms. The number of thiophene rings is 1. The van der Waals surface area contributed by atoms with Crippen LogP contribution in [0.3, 0.4) is 0 Å². The highest BCUT2D eigenvalue weighted by Gasteiger charge is 2.12. The second kappa shape index (κ2) is 5.52. The largest absolute Gasteiger partial charge is 0.349 e. The number of hydrogen-bond acceptors (Lipinski definition) is 2. The van der Waals surface area contributed by atoms with Crippen LogP contribution < -0.4 is 5.32 Å². The number of halogens is 1. The van der Waals surface area contributed by atoms with E-state index in [9.17, 15) is 4.79 Å². The van der Waals surface area contributed by atoms with Gasteiger partial charge in [0.25, 0.3) is 5.91 Å². The molecule has 1 aromatic rings. The molecule has 0 bridgehead atoms. The first-order valence-electron chi connectivity index (χ1n) is 5.00. The number of carbonyl (C=O) groups excluding carboxylic acids is 1. The molecule has 0 aliphatic heterocycles. The van der Waals surface area contributed by atoms with Crippen LogP contribution in [-0.4, -0.2) is 17.3 Å². The van der Waals surface area contributed by atoms with Crippen LogP contribution in [0.5, 0.6) is 0 Å². The molecule has 0 saturated carbocycles. The first-order valence-corrected chi connectivity index (χ1v) is 6.25. The van der Waals surface area contributed by atoms with Gasteiger partial charge in [0.2, 0.25) is 0 Å². The Morgan fingerprint density at radius 1 is 1.53 bits per heavy atom. The second-order valence-corrected chi connectivity index (χ2v) is 5.83. The Balaban J connectivity index is 2.49. The van der Waals surface area contributed by atoms with Gasteiger partial charge in [-0.05, 0) is 39.3 Å². The first kappa shape index (κ1) is 12.5. The maximum absolute atomic E-state index is 11.7. The minimum atomic E-state index is -0.00193. The van der Waals surface area contributed by atoms with Crippen molar-refractivity contribution in [3.05, 3.63) is 21.9 Å². The zero-order valence-corrected chi connectivity index (χ0v) is 10.8. The van der Waals surface area contributed by atoms with Crippen LogP contribution in [0.4, 0.5) is 0 Å². The minimum Gasteiger partial charge on any atom is -0.349 e. The summed E-state index contributed by atoms with van der Waals surface area (Å²) in [4.78, 5) is 13.6. The third-order valence-corrected chi connectivity index (χ3v) is 3.20. The molecule has 4 heteroatoms. The average molecular weight is 246 g/mol. The number of alkyl halides is 1. The van der Waals surface area contributed by atoms with Crippen LogP contribution in [0, 0.1) is 6.92 Å². The Labute approximate surface area is 99.6 Å². The highest BCUT2D eigenvalue weighted by Crippen LogP contribution is 2.15. The van der Waals surface area contributed by atoms with Crippen LogP contribution in [-0.2, 0) is 0 Å². The van der Waals surface area contributed by atoms with Gasteiger partial charge in [-0.15, -0.1) is 22.9 Å². The third-order valence-electron chi connectivity index (χ3n) is 2.02. The molecule has 84 valence electrons. The van der Waals surface area contributed by atoms with Gasteiger partial charge in [0.05, 0.1) is 4.88 Å². The molecule has 1 N–H and O–H groups in total. The summed E-state index contributed by atoms with van der Waals surface area (Å²) in [6, 6.07) is 3.92. The Hall–Kier alpha value is -0.540. The van der Waals surface area contributed by atoms with Gasteiger partial charge in [-0.1, -0.05) is 0 Å². The summed E-state index contributed by atoms with van der Waals surface area (Å²) in [6.45, 7) is 5.89. The molecule has 1 rings (SSSR count). The van der Waals surface area contributed by atoms with Crippen LogP contribution in [0.25, 0.3) is 0 Å². The monoisotopic (exact) mass is 245 g/mol. The van der Waals surface area contributed by atoms with Crippen LogP contribution in [0.2, 0.25) is 0 Å². The molecule has 0 saturated heterocycles. The number of amides is 1. The summed E-state index contributed by atoms with van der Waals surface area (Å²) in [5.41, 5.74) is 0. The lowest BCUT2D eigenvalue weighted by Gasteiger charge is -2.14. The average Bonchev–Trinajstić information content (AvgIpc) is 2.49. The molecular weight excluding hydrogens is 230 g/mol. The number of hydrogen-bond donors (Lipinski definition) is 1. The van der Waals surface area contributed by atoms with Crippen molar-refractivity contribution in [1.82, 2.24) is 5.32 Å². The van der Waals surface area contributed by atoms with E-state index in [0.717, 1.165) is 16.2 Å². The summed E-state index contributed by atoms with van der Waals surface area (Å²) in [7, 11) is 0. The van der Waals surface area contributed by atoms with Crippen LogP contribution in [0.1, 0.15) is 34.8 Å². The summed E-state index contributed by atoms with van der Waals surface area (Å²) in [5, 5.41) is 3.02. The van der Waals surface area contributed by atoms with Crippen molar-refractivity contribution in [3.63, 3.8) is 0 Å². The number of carbonyl (C=O) groups is 1. The van der Waals surface area contributed by atoms with Gasteiger partial charge in [-0.3, -0.25) is 4.79 Å². The standard InChI is InChI=1S/C11H16ClNOS/c1-7(12)6-8(2)13-11(14)10-5-4-9(3)15-10/h4-5,7-8H,6H2,1-3H3,(H,13,14). The molecular formula is C11H16ClNOS.